The number of rotatable bonds is 5. The fraction of sp³-hybridized carbons (Fsp3) is 0.208. The van der Waals surface area contributed by atoms with Crippen LogP contribution in [0.15, 0.2) is 58.7 Å². The predicted octanol–water partition coefficient (Wildman–Crippen LogP) is 4.71. The van der Waals surface area contributed by atoms with Crippen LogP contribution in [-0.2, 0) is 11.2 Å². The van der Waals surface area contributed by atoms with Gasteiger partial charge in [-0.05, 0) is 31.4 Å². The third kappa shape index (κ3) is 3.44. The number of hydrogen-bond acceptors (Lipinski definition) is 4. The zero-order chi connectivity index (χ0) is 21.4. The molecule has 4 rings (SSSR count). The highest BCUT2D eigenvalue weighted by Gasteiger charge is 2.23. The van der Waals surface area contributed by atoms with Gasteiger partial charge in [0, 0.05) is 16.5 Å². The van der Waals surface area contributed by atoms with E-state index < -0.39 is 11.9 Å². The summed E-state index contributed by atoms with van der Waals surface area (Å²) in [7, 11) is 0. The molecule has 0 bridgehead atoms. The SMILES string of the molecule is CCc1ccc(-c2csc3nc(-c4ccc(C)cc4)n(C(C)C(N)=O)c(=O)c23)cc1. The molecule has 4 aromatic rings. The van der Waals surface area contributed by atoms with Gasteiger partial charge in [-0.3, -0.25) is 14.2 Å². The normalized spacial score (nSPS) is 12.2. The van der Waals surface area contributed by atoms with Crippen molar-refractivity contribution < 1.29 is 4.79 Å². The van der Waals surface area contributed by atoms with Gasteiger partial charge in [0.05, 0.1) is 5.39 Å². The van der Waals surface area contributed by atoms with Crippen molar-refractivity contribution >= 4 is 27.5 Å². The Hall–Kier alpha value is -3.25. The molecular weight excluding hydrogens is 394 g/mol. The molecule has 0 radical (unpaired) electrons. The van der Waals surface area contributed by atoms with Crippen molar-refractivity contribution in [2.24, 2.45) is 5.73 Å². The second kappa shape index (κ2) is 7.88. The lowest BCUT2D eigenvalue weighted by atomic mass is 10.0. The number of fused-ring (bicyclic) bond motifs is 1. The Morgan fingerprint density at radius 1 is 1.10 bits per heavy atom. The number of benzene rings is 2. The minimum Gasteiger partial charge on any atom is -0.368 e. The average molecular weight is 418 g/mol. The summed E-state index contributed by atoms with van der Waals surface area (Å²) < 4.78 is 1.42. The number of nitrogens with two attached hydrogens (primary N) is 1. The monoisotopic (exact) mass is 417 g/mol. The lowest BCUT2D eigenvalue weighted by molar-refractivity contribution is -0.120. The Labute approximate surface area is 178 Å². The number of thiophene rings is 1. The molecule has 0 saturated carbocycles. The topological polar surface area (TPSA) is 78.0 Å². The number of aryl methyl sites for hydroxylation is 2. The van der Waals surface area contributed by atoms with Crippen LogP contribution >= 0.6 is 11.3 Å². The van der Waals surface area contributed by atoms with Crippen molar-refractivity contribution in [3.8, 4) is 22.5 Å². The van der Waals surface area contributed by atoms with Crippen LogP contribution in [0, 0.1) is 6.92 Å². The molecule has 152 valence electrons. The van der Waals surface area contributed by atoms with Gasteiger partial charge in [-0.15, -0.1) is 11.3 Å². The quantitative estimate of drug-likeness (QED) is 0.511. The van der Waals surface area contributed by atoms with Crippen LogP contribution in [0.4, 0.5) is 0 Å². The van der Waals surface area contributed by atoms with Gasteiger partial charge in [0.25, 0.3) is 5.56 Å². The molecule has 30 heavy (non-hydrogen) atoms. The first-order valence-electron chi connectivity index (χ1n) is 9.90. The van der Waals surface area contributed by atoms with Gasteiger partial charge in [0.2, 0.25) is 5.91 Å². The van der Waals surface area contributed by atoms with Gasteiger partial charge in [-0.1, -0.05) is 61.0 Å². The van der Waals surface area contributed by atoms with Crippen molar-refractivity contribution in [1.82, 2.24) is 9.55 Å². The van der Waals surface area contributed by atoms with Crippen LogP contribution in [0.2, 0.25) is 0 Å². The first kappa shape index (κ1) is 20.0. The van der Waals surface area contributed by atoms with Crippen molar-refractivity contribution in [3.63, 3.8) is 0 Å². The summed E-state index contributed by atoms with van der Waals surface area (Å²) in [4.78, 5) is 31.1. The van der Waals surface area contributed by atoms with E-state index in [0.717, 1.165) is 28.7 Å². The summed E-state index contributed by atoms with van der Waals surface area (Å²) in [6.07, 6.45) is 0.953. The summed E-state index contributed by atoms with van der Waals surface area (Å²) in [5.41, 5.74) is 10.2. The number of amides is 1. The number of nitrogens with zero attached hydrogens (tertiary/aromatic N) is 2. The number of primary amides is 1. The summed E-state index contributed by atoms with van der Waals surface area (Å²) in [6, 6.07) is 15.1. The summed E-state index contributed by atoms with van der Waals surface area (Å²) in [6.45, 7) is 5.74. The number of carbonyl (C=O) groups excluding carboxylic acids is 1. The van der Waals surface area contributed by atoms with E-state index in [1.165, 1.54) is 21.5 Å². The molecule has 1 unspecified atom stereocenters. The Bertz CT molecular complexity index is 1290. The van der Waals surface area contributed by atoms with Gasteiger partial charge >= 0.3 is 0 Å². The second-order valence-corrected chi connectivity index (χ2v) is 8.29. The predicted molar refractivity (Wildman–Crippen MR) is 123 cm³/mol. The molecular formula is C24H23N3O2S. The van der Waals surface area contributed by atoms with Crippen LogP contribution in [0.5, 0.6) is 0 Å². The van der Waals surface area contributed by atoms with Crippen LogP contribution < -0.4 is 11.3 Å². The number of carbonyl (C=O) groups is 1. The van der Waals surface area contributed by atoms with E-state index in [9.17, 15) is 9.59 Å². The maximum atomic E-state index is 13.6. The van der Waals surface area contributed by atoms with E-state index >= 15 is 0 Å². The summed E-state index contributed by atoms with van der Waals surface area (Å²) in [5.74, 6) is -0.121. The first-order valence-corrected chi connectivity index (χ1v) is 10.8. The molecule has 2 heterocycles. The molecule has 0 aliphatic heterocycles. The fourth-order valence-electron chi connectivity index (χ4n) is 3.53. The molecule has 0 fully saturated rings. The molecule has 0 aliphatic carbocycles. The van der Waals surface area contributed by atoms with Crippen molar-refractivity contribution in [3.05, 3.63) is 75.4 Å². The smallest absolute Gasteiger partial charge is 0.263 e. The molecule has 0 spiro atoms. The van der Waals surface area contributed by atoms with Crippen molar-refractivity contribution in [2.75, 3.05) is 0 Å². The van der Waals surface area contributed by atoms with Gasteiger partial charge < -0.3 is 5.73 Å². The van der Waals surface area contributed by atoms with Gasteiger partial charge in [0.15, 0.2) is 0 Å². The minimum absolute atomic E-state index is 0.252. The lowest BCUT2D eigenvalue weighted by Crippen LogP contribution is -2.33. The van der Waals surface area contributed by atoms with E-state index in [1.54, 1.807) is 6.92 Å². The molecule has 0 aliphatic rings. The van der Waals surface area contributed by atoms with Crippen molar-refractivity contribution in [2.45, 2.75) is 33.2 Å². The highest BCUT2D eigenvalue weighted by molar-refractivity contribution is 7.17. The first-order chi connectivity index (χ1) is 14.4. The van der Waals surface area contributed by atoms with E-state index in [4.69, 9.17) is 10.7 Å². The lowest BCUT2D eigenvalue weighted by Gasteiger charge is -2.17. The highest BCUT2D eigenvalue weighted by atomic mass is 32.1. The van der Waals surface area contributed by atoms with E-state index in [-0.39, 0.29) is 5.56 Å². The molecule has 1 atom stereocenters. The standard InChI is InChI=1S/C24H23N3O2S/c1-4-16-7-11-17(12-8-16)19-13-30-23-20(19)24(29)27(15(3)21(25)28)22(26-23)18-9-5-14(2)6-10-18/h5-13,15H,4H2,1-3H3,(H2,25,28). The fourth-order valence-corrected chi connectivity index (χ4v) is 4.47. The third-order valence-electron chi connectivity index (χ3n) is 5.42. The maximum absolute atomic E-state index is 13.6. The Balaban J connectivity index is 2.00. The molecule has 6 heteroatoms. The van der Waals surface area contributed by atoms with Gasteiger partial charge in [0.1, 0.15) is 16.7 Å². The van der Waals surface area contributed by atoms with Gasteiger partial charge in [-0.25, -0.2) is 4.98 Å². The zero-order valence-electron chi connectivity index (χ0n) is 17.2. The molecule has 5 nitrogen and oxygen atoms in total. The Morgan fingerprint density at radius 2 is 1.73 bits per heavy atom. The molecule has 1 amide bonds. The second-order valence-electron chi connectivity index (χ2n) is 7.43. The Kier molecular flexibility index (Phi) is 5.26. The minimum atomic E-state index is -0.819. The molecule has 2 aromatic carbocycles. The molecule has 0 saturated heterocycles. The van der Waals surface area contributed by atoms with Crippen LogP contribution in [0.1, 0.15) is 31.0 Å². The van der Waals surface area contributed by atoms with Gasteiger partial charge in [-0.2, -0.15) is 0 Å². The number of aromatic nitrogens is 2. The van der Waals surface area contributed by atoms with E-state index in [0.29, 0.717) is 16.0 Å². The van der Waals surface area contributed by atoms with E-state index in [2.05, 4.69) is 19.1 Å². The molecule has 2 N–H and O–H groups in total. The van der Waals surface area contributed by atoms with E-state index in [1.807, 2.05) is 48.7 Å². The third-order valence-corrected chi connectivity index (χ3v) is 6.29. The Morgan fingerprint density at radius 3 is 2.33 bits per heavy atom. The van der Waals surface area contributed by atoms with Crippen LogP contribution in [0.3, 0.4) is 0 Å². The molecule has 2 aromatic heterocycles. The van der Waals surface area contributed by atoms with Crippen LogP contribution in [0.25, 0.3) is 32.7 Å². The number of hydrogen-bond donors (Lipinski definition) is 1. The zero-order valence-corrected chi connectivity index (χ0v) is 18.0. The highest BCUT2D eigenvalue weighted by Crippen LogP contribution is 2.33. The largest absolute Gasteiger partial charge is 0.368 e. The van der Waals surface area contributed by atoms with Crippen molar-refractivity contribution in [1.29, 1.82) is 0 Å². The maximum Gasteiger partial charge on any atom is 0.263 e. The summed E-state index contributed by atoms with van der Waals surface area (Å²) in [5, 5.41) is 2.48. The average Bonchev–Trinajstić information content (AvgIpc) is 3.18. The van der Waals surface area contributed by atoms with Crippen LogP contribution in [-0.4, -0.2) is 15.5 Å². The summed E-state index contributed by atoms with van der Waals surface area (Å²) >= 11 is 1.43.